The lowest BCUT2D eigenvalue weighted by Gasteiger charge is -2.22. The molecule has 0 heterocycles. The molecule has 0 aliphatic rings. The first-order valence-electron chi connectivity index (χ1n) is 6.57. The van der Waals surface area contributed by atoms with Gasteiger partial charge in [-0.25, -0.2) is 0 Å². The molecule has 96 valence electrons. The summed E-state index contributed by atoms with van der Waals surface area (Å²) in [6.07, 6.45) is 3.70. The zero-order valence-corrected chi connectivity index (χ0v) is 11.5. The lowest BCUT2D eigenvalue weighted by molar-refractivity contribution is 0.412. The number of hydrogen-bond acceptors (Lipinski definition) is 2. The van der Waals surface area contributed by atoms with Gasteiger partial charge in [-0.1, -0.05) is 45.7 Å². The molecule has 0 saturated carbocycles. The van der Waals surface area contributed by atoms with Crippen molar-refractivity contribution in [3.63, 3.8) is 0 Å². The molecule has 0 amide bonds. The van der Waals surface area contributed by atoms with Gasteiger partial charge in [0.25, 0.3) is 0 Å². The van der Waals surface area contributed by atoms with Gasteiger partial charge in [0.15, 0.2) is 0 Å². The van der Waals surface area contributed by atoms with Crippen molar-refractivity contribution >= 4 is 0 Å². The molecule has 17 heavy (non-hydrogen) atoms. The zero-order chi connectivity index (χ0) is 12.7. The maximum Gasteiger partial charge on any atom is 0.118 e. The van der Waals surface area contributed by atoms with Crippen molar-refractivity contribution in [2.75, 3.05) is 7.11 Å². The van der Waals surface area contributed by atoms with Crippen molar-refractivity contribution in [2.24, 2.45) is 0 Å². The van der Waals surface area contributed by atoms with Crippen LogP contribution in [0.2, 0.25) is 0 Å². The van der Waals surface area contributed by atoms with Gasteiger partial charge in [0, 0.05) is 12.1 Å². The lowest BCUT2D eigenvalue weighted by atomic mass is 10.0. The van der Waals surface area contributed by atoms with Crippen LogP contribution < -0.4 is 10.1 Å². The highest BCUT2D eigenvalue weighted by molar-refractivity contribution is 5.29. The molecule has 1 unspecified atom stereocenters. The van der Waals surface area contributed by atoms with Gasteiger partial charge in [0.2, 0.25) is 0 Å². The third-order valence-electron chi connectivity index (χ3n) is 2.90. The lowest BCUT2D eigenvalue weighted by Crippen LogP contribution is -2.28. The Labute approximate surface area is 105 Å². The summed E-state index contributed by atoms with van der Waals surface area (Å²) < 4.78 is 5.19. The Kier molecular flexibility index (Phi) is 6.06. The molecule has 0 saturated heterocycles. The number of hydrogen-bond donors (Lipinski definition) is 1. The van der Waals surface area contributed by atoms with E-state index in [4.69, 9.17) is 4.74 Å². The maximum absolute atomic E-state index is 5.19. The summed E-state index contributed by atoms with van der Waals surface area (Å²) in [4.78, 5) is 0. The fraction of sp³-hybridized carbons (Fsp3) is 0.600. The maximum atomic E-state index is 5.19. The average Bonchev–Trinajstić information content (AvgIpc) is 2.34. The predicted molar refractivity (Wildman–Crippen MR) is 73.5 cm³/mol. The van der Waals surface area contributed by atoms with E-state index in [0.29, 0.717) is 12.1 Å². The second-order valence-electron chi connectivity index (χ2n) is 4.79. The molecule has 1 N–H and O–H groups in total. The van der Waals surface area contributed by atoms with Crippen LogP contribution >= 0.6 is 0 Å². The molecule has 0 bridgehead atoms. The third-order valence-corrected chi connectivity index (χ3v) is 2.90. The summed E-state index contributed by atoms with van der Waals surface area (Å²) in [7, 11) is 1.70. The third kappa shape index (κ3) is 4.78. The smallest absolute Gasteiger partial charge is 0.118 e. The monoisotopic (exact) mass is 235 g/mol. The summed E-state index contributed by atoms with van der Waals surface area (Å²) in [6, 6.07) is 9.37. The Balaban J connectivity index is 2.72. The Morgan fingerprint density at radius 2 is 1.82 bits per heavy atom. The Morgan fingerprint density at radius 1 is 1.18 bits per heavy atom. The Morgan fingerprint density at radius 3 is 2.29 bits per heavy atom. The zero-order valence-electron chi connectivity index (χ0n) is 11.5. The van der Waals surface area contributed by atoms with Gasteiger partial charge in [-0.15, -0.1) is 0 Å². The number of benzene rings is 1. The van der Waals surface area contributed by atoms with Crippen molar-refractivity contribution in [3.8, 4) is 5.75 Å². The van der Waals surface area contributed by atoms with Gasteiger partial charge >= 0.3 is 0 Å². The van der Waals surface area contributed by atoms with E-state index >= 15 is 0 Å². The minimum atomic E-state index is 0.459. The first-order chi connectivity index (χ1) is 8.17. The van der Waals surface area contributed by atoms with Crippen molar-refractivity contribution < 1.29 is 4.74 Å². The van der Waals surface area contributed by atoms with Gasteiger partial charge in [-0.05, 0) is 24.1 Å². The van der Waals surface area contributed by atoms with E-state index in [1.807, 2.05) is 12.1 Å². The minimum absolute atomic E-state index is 0.459. The molecule has 2 nitrogen and oxygen atoms in total. The van der Waals surface area contributed by atoms with E-state index in [1.165, 1.54) is 24.8 Å². The van der Waals surface area contributed by atoms with Crippen LogP contribution in [0.3, 0.4) is 0 Å². The van der Waals surface area contributed by atoms with Crippen LogP contribution in [-0.2, 0) is 0 Å². The normalized spacial score (nSPS) is 12.8. The molecule has 0 aliphatic carbocycles. The van der Waals surface area contributed by atoms with Gasteiger partial charge in [-0.2, -0.15) is 0 Å². The number of nitrogens with one attached hydrogen (secondary N) is 1. The molecule has 2 heteroatoms. The summed E-state index contributed by atoms with van der Waals surface area (Å²) in [6.45, 7) is 6.63. The first-order valence-corrected chi connectivity index (χ1v) is 6.57. The number of ether oxygens (including phenoxy) is 1. The first kappa shape index (κ1) is 14.0. The molecule has 1 aromatic rings. The van der Waals surface area contributed by atoms with Crippen LogP contribution in [0.4, 0.5) is 0 Å². The van der Waals surface area contributed by atoms with Gasteiger partial charge < -0.3 is 10.1 Å². The second-order valence-corrected chi connectivity index (χ2v) is 4.79. The van der Waals surface area contributed by atoms with Gasteiger partial charge in [0.05, 0.1) is 7.11 Å². The van der Waals surface area contributed by atoms with Crippen LogP contribution in [-0.4, -0.2) is 13.2 Å². The molecule has 0 radical (unpaired) electrons. The molecule has 0 aromatic heterocycles. The highest BCUT2D eigenvalue weighted by Gasteiger charge is 2.11. The molecular formula is C15H25NO. The molecule has 0 spiro atoms. The average molecular weight is 235 g/mol. The van der Waals surface area contributed by atoms with Crippen LogP contribution in [0.1, 0.15) is 51.6 Å². The second kappa shape index (κ2) is 7.33. The van der Waals surface area contributed by atoms with E-state index in [2.05, 4.69) is 38.2 Å². The minimum Gasteiger partial charge on any atom is -0.497 e. The van der Waals surface area contributed by atoms with E-state index in [-0.39, 0.29) is 0 Å². The molecule has 0 fully saturated rings. The van der Waals surface area contributed by atoms with Gasteiger partial charge in [0.1, 0.15) is 5.75 Å². The summed E-state index contributed by atoms with van der Waals surface area (Å²) >= 11 is 0. The summed E-state index contributed by atoms with van der Waals surface area (Å²) in [5.41, 5.74) is 1.35. The number of rotatable bonds is 7. The molecule has 0 aliphatic heterocycles. The van der Waals surface area contributed by atoms with Crippen molar-refractivity contribution in [3.05, 3.63) is 29.8 Å². The number of unbranched alkanes of at least 4 members (excludes halogenated alkanes) is 1. The van der Waals surface area contributed by atoms with Crippen LogP contribution in [0.15, 0.2) is 24.3 Å². The SMILES string of the molecule is CCCCC(NC(C)C)c1ccc(OC)cc1. The molecule has 1 atom stereocenters. The Bertz CT molecular complexity index is 305. The largest absolute Gasteiger partial charge is 0.497 e. The predicted octanol–water partition coefficient (Wildman–Crippen LogP) is 3.92. The fourth-order valence-electron chi connectivity index (χ4n) is 1.99. The Hall–Kier alpha value is -1.02. The van der Waals surface area contributed by atoms with Crippen LogP contribution in [0.5, 0.6) is 5.75 Å². The standard InChI is InChI=1S/C15H25NO/c1-5-6-7-15(16-12(2)3)13-8-10-14(17-4)11-9-13/h8-12,15-16H,5-7H2,1-4H3. The molecular weight excluding hydrogens is 210 g/mol. The van der Waals surface area contributed by atoms with Crippen LogP contribution in [0.25, 0.3) is 0 Å². The summed E-state index contributed by atoms with van der Waals surface area (Å²) in [5, 5.41) is 3.63. The van der Waals surface area contributed by atoms with Gasteiger partial charge in [-0.3, -0.25) is 0 Å². The summed E-state index contributed by atoms with van der Waals surface area (Å²) in [5.74, 6) is 0.924. The molecule has 1 aromatic carbocycles. The highest BCUT2D eigenvalue weighted by atomic mass is 16.5. The van der Waals surface area contributed by atoms with Crippen LogP contribution in [0, 0.1) is 0 Å². The quantitative estimate of drug-likeness (QED) is 0.773. The van der Waals surface area contributed by atoms with Crippen molar-refractivity contribution in [1.82, 2.24) is 5.32 Å². The van der Waals surface area contributed by atoms with E-state index in [9.17, 15) is 0 Å². The van der Waals surface area contributed by atoms with E-state index in [0.717, 1.165) is 5.75 Å². The van der Waals surface area contributed by atoms with Crippen molar-refractivity contribution in [2.45, 2.75) is 52.1 Å². The fourth-order valence-corrected chi connectivity index (χ4v) is 1.99. The number of methoxy groups -OCH3 is 1. The highest BCUT2D eigenvalue weighted by Crippen LogP contribution is 2.22. The van der Waals surface area contributed by atoms with Crippen molar-refractivity contribution in [1.29, 1.82) is 0 Å². The van der Waals surface area contributed by atoms with E-state index < -0.39 is 0 Å². The molecule has 1 rings (SSSR count). The van der Waals surface area contributed by atoms with E-state index in [1.54, 1.807) is 7.11 Å². The topological polar surface area (TPSA) is 21.3 Å².